The summed E-state index contributed by atoms with van der Waals surface area (Å²) in [6.07, 6.45) is 7.56. The van der Waals surface area contributed by atoms with Gasteiger partial charge in [0.25, 0.3) is 0 Å². The lowest BCUT2D eigenvalue weighted by Crippen LogP contribution is -2.57. The predicted molar refractivity (Wildman–Crippen MR) is 105 cm³/mol. The van der Waals surface area contributed by atoms with Gasteiger partial charge >= 0.3 is 0 Å². The van der Waals surface area contributed by atoms with Crippen LogP contribution in [0.5, 0.6) is 0 Å². The number of piperidine rings is 1. The molecule has 0 aromatic rings. The molecule has 1 saturated carbocycles. The number of hydrogen-bond acceptors (Lipinski definition) is 5. The molecule has 0 radical (unpaired) electrons. The largest absolute Gasteiger partial charge is 0.356 e. The molecule has 158 valence electrons. The molecule has 1 spiro atoms. The van der Waals surface area contributed by atoms with Gasteiger partial charge in [0, 0.05) is 19.0 Å². The summed E-state index contributed by atoms with van der Waals surface area (Å²) in [4.78, 5) is 40.0. The maximum absolute atomic E-state index is 13.3. The molecule has 3 heterocycles. The van der Waals surface area contributed by atoms with Crippen molar-refractivity contribution in [2.24, 2.45) is 11.8 Å². The summed E-state index contributed by atoms with van der Waals surface area (Å²) in [7, 11) is 0. The summed E-state index contributed by atoms with van der Waals surface area (Å²) in [5.74, 6) is -0.000623. The van der Waals surface area contributed by atoms with Gasteiger partial charge in [-0.05, 0) is 57.4 Å². The standard InChI is InChI=1S/C21H31N5O3/c22-13-16(12-15-5-9-23-18(15)27)25-19(28)17(11-14-3-4-14)26-10-7-21(20(26)29)6-1-2-8-24-21/h14-17,24H,1-12H2,(H,23,27)(H,25,28)/t15-,16-,17?,21-/m0/s1. The molecule has 1 aliphatic carbocycles. The van der Waals surface area contributed by atoms with E-state index in [2.05, 4.69) is 22.0 Å². The van der Waals surface area contributed by atoms with Crippen molar-refractivity contribution >= 4 is 17.7 Å². The molecule has 4 atom stereocenters. The highest BCUT2D eigenvalue weighted by Crippen LogP contribution is 2.38. The van der Waals surface area contributed by atoms with Gasteiger partial charge in [0.15, 0.2) is 0 Å². The Morgan fingerprint density at radius 3 is 2.66 bits per heavy atom. The molecule has 0 bridgehead atoms. The minimum Gasteiger partial charge on any atom is -0.356 e. The maximum atomic E-state index is 13.3. The fraction of sp³-hybridized carbons (Fsp3) is 0.810. The quantitative estimate of drug-likeness (QED) is 0.573. The fourth-order valence-electron chi connectivity index (χ4n) is 5.07. The molecule has 0 aromatic heterocycles. The second-order valence-corrected chi connectivity index (χ2v) is 9.11. The third kappa shape index (κ3) is 4.25. The molecule has 0 aromatic carbocycles. The average Bonchev–Trinajstić information content (AvgIpc) is 3.40. The lowest BCUT2D eigenvalue weighted by atomic mass is 9.87. The Hall–Kier alpha value is -2.14. The Morgan fingerprint density at radius 2 is 2.03 bits per heavy atom. The molecule has 3 N–H and O–H groups in total. The van der Waals surface area contributed by atoms with Gasteiger partial charge in [-0.2, -0.15) is 5.26 Å². The van der Waals surface area contributed by atoms with Crippen molar-refractivity contribution in [3.05, 3.63) is 0 Å². The van der Waals surface area contributed by atoms with Gasteiger partial charge in [0.1, 0.15) is 12.1 Å². The Labute approximate surface area is 171 Å². The van der Waals surface area contributed by atoms with E-state index < -0.39 is 17.6 Å². The van der Waals surface area contributed by atoms with E-state index in [0.29, 0.717) is 38.3 Å². The van der Waals surface area contributed by atoms with E-state index >= 15 is 0 Å². The maximum Gasteiger partial charge on any atom is 0.243 e. The summed E-state index contributed by atoms with van der Waals surface area (Å²) in [5.41, 5.74) is -0.503. The van der Waals surface area contributed by atoms with Crippen molar-refractivity contribution in [3.8, 4) is 6.07 Å². The van der Waals surface area contributed by atoms with Crippen LogP contribution in [-0.2, 0) is 14.4 Å². The molecule has 1 unspecified atom stereocenters. The summed E-state index contributed by atoms with van der Waals surface area (Å²) in [6, 6.07) is 0.903. The molecule has 3 aliphatic heterocycles. The van der Waals surface area contributed by atoms with Crippen LogP contribution in [0.3, 0.4) is 0 Å². The van der Waals surface area contributed by atoms with E-state index in [4.69, 9.17) is 0 Å². The first-order valence-corrected chi connectivity index (χ1v) is 11.1. The van der Waals surface area contributed by atoms with Crippen molar-refractivity contribution < 1.29 is 14.4 Å². The SMILES string of the molecule is N#C[C@H](C[C@@H]1CCNC1=O)NC(=O)C(CC1CC1)N1CC[C@@]2(CCCCN2)C1=O. The van der Waals surface area contributed by atoms with Gasteiger partial charge in [-0.15, -0.1) is 0 Å². The number of carbonyl (C=O) groups is 3. The first kappa shape index (κ1) is 20.1. The lowest BCUT2D eigenvalue weighted by Gasteiger charge is -2.35. The fourth-order valence-corrected chi connectivity index (χ4v) is 5.07. The highest BCUT2D eigenvalue weighted by atomic mass is 16.2. The Kier molecular flexibility index (Phi) is 5.77. The van der Waals surface area contributed by atoms with Crippen molar-refractivity contribution in [2.75, 3.05) is 19.6 Å². The van der Waals surface area contributed by atoms with E-state index in [1.54, 1.807) is 4.90 Å². The Morgan fingerprint density at radius 1 is 1.21 bits per heavy atom. The van der Waals surface area contributed by atoms with Crippen molar-refractivity contribution in [1.29, 1.82) is 5.26 Å². The summed E-state index contributed by atoms with van der Waals surface area (Å²) >= 11 is 0. The van der Waals surface area contributed by atoms with Gasteiger partial charge in [0.2, 0.25) is 17.7 Å². The predicted octanol–water partition coefficient (Wildman–Crippen LogP) is 0.434. The topological polar surface area (TPSA) is 114 Å². The molecular formula is C21H31N5O3. The number of nitrogens with zero attached hydrogens (tertiary/aromatic N) is 2. The third-order valence-corrected chi connectivity index (χ3v) is 7.03. The van der Waals surface area contributed by atoms with Gasteiger partial charge < -0.3 is 20.9 Å². The lowest BCUT2D eigenvalue weighted by molar-refractivity contribution is -0.142. The van der Waals surface area contributed by atoms with Gasteiger partial charge in [0.05, 0.1) is 11.6 Å². The number of carbonyl (C=O) groups excluding carboxylic acids is 3. The molecule has 3 saturated heterocycles. The molecule has 8 heteroatoms. The molecule has 4 fully saturated rings. The van der Waals surface area contributed by atoms with Crippen LogP contribution in [-0.4, -0.2) is 59.9 Å². The molecular weight excluding hydrogens is 370 g/mol. The normalized spacial score (nSPS) is 31.4. The average molecular weight is 402 g/mol. The van der Waals surface area contributed by atoms with E-state index in [1.807, 2.05) is 0 Å². The summed E-state index contributed by atoms with van der Waals surface area (Å²) < 4.78 is 0. The zero-order valence-electron chi connectivity index (χ0n) is 16.9. The Bertz CT molecular complexity index is 708. The number of rotatable bonds is 7. The smallest absolute Gasteiger partial charge is 0.243 e. The molecule has 3 amide bonds. The first-order valence-electron chi connectivity index (χ1n) is 11.1. The van der Waals surface area contributed by atoms with Crippen LogP contribution in [0.2, 0.25) is 0 Å². The summed E-state index contributed by atoms with van der Waals surface area (Å²) in [6.45, 7) is 2.05. The van der Waals surface area contributed by atoms with Crippen molar-refractivity contribution in [2.45, 2.75) is 75.4 Å². The number of nitriles is 1. The van der Waals surface area contributed by atoms with Gasteiger partial charge in [-0.3, -0.25) is 14.4 Å². The third-order valence-electron chi connectivity index (χ3n) is 7.03. The van der Waals surface area contributed by atoms with Crippen LogP contribution in [0.4, 0.5) is 0 Å². The molecule has 29 heavy (non-hydrogen) atoms. The van der Waals surface area contributed by atoms with Crippen molar-refractivity contribution in [3.63, 3.8) is 0 Å². The van der Waals surface area contributed by atoms with Crippen LogP contribution >= 0.6 is 0 Å². The monoisotopic (exact) mass is 401 g/mol. The van der Waals surface area contributed by atoms with E-state index in [0.717, 1.165) is 45.1 Å². The van der Waals surface area contributed by atoms with Crippen LogP contribution in [0.15, 0.2) is 0 Å². The highest BCUT2D eigenvalue weighted by Gasteiger charge is 2.50. The molecule has 4 aliphatic rings. The molecule has 8 nitrogen and oxygen atoms in total. The van der Waals surface area contributed by atoms with E-state index in [9.17, 15) is 19.6 Å². The van der Waals surface area contributed by atoms with Crippen LogP contribution < -0.4 is 16.0 Å². The number of amides is 3. The second kappa shape index (κ2) is 8.31. The minimum atomic E-state index is -0.711. The van der Waals surface area contributed by atoms with Crippen LogP contribution in [0.25, 0.3) is 0 Å². The number of nitrogens with one attached hydrogen (secondary N) is 3. The van der Waals surface area contributed by atoms with E-state index in [1.165, 1.54) is 0 Å². The highest BCUT2D eigenvalue weighted by molar-refractivity contribution is 5.94. The zero-order valence-corrected chi connectivity index (χ0v) is 16.9. The zero-order chi connectivity index (χ0) is 20.4. The molecule has 4 rings (SSSR count). The summed E-state index contributed by atoms with van der Waals surface area (Å²) in [5, 5.41) is 18.6. The van der Waals surface area contributed by atoms with Gasteiger partial charge in [-0.1, -0.05) is 12.8 Å². The van der Waals surface area contributed by atoms with E-state index in [-0.39, 0.29) is 23.6 Å². The van der Waals surface area contributed by atoms with Crippen molar-refractivity contribution in [1.82, 2.24) is 20.9 Å². The van der Waals surface area contributed by atoms with Crippen LogP contribution in [0.1, 0.15) is 57.8 Å². The Balaban J connectivity index is 1.43. The number of hydrogen-bond donors (Lipinski definition) is 3. The second-order valence-electron chi connectivity index (χ2n) is 9.11. The number of likely N-dealkylation sites (tertiary alicyclic amines) is 1. The minimum absolute atomic E-state index is 0.0432. The van der Waals surface area contributed by atoms with Crippen LogP contribution in [0, 0.1) is 23.2 Å². The van der Waals surface area contributed by atoms with Gasteiger partial charge in [-0.25, -0.2) is 0 Å². The first-order chi connectivity index (χ1) is 14.0.